The van der Waals surface area contributed by atoms with E-state index in [1.807, 2.05) is 6.07 Å². The summed E-state index contributed by atoms with van der Waals surface area (Å²) in [5, 5.41) is 9.05. The molecule has 30 heavy (non-hydrogen) atoms. The summed E-state index contributed by atoms with van der Waals surface area (Å²) in [6.45, 7) is 6.36. The topological polar surface area (TPSA) is 68.6 Å². The van der Waals surface area contributed by atoms with Gasteiger partial charge in [0.1, 0.15) is 29.9 Å². The third kappa shape index (κ3) is 5.67. The van der Waals surface area contributed by atoms with Crippen molar-refractivity contribution < 1.29 is 32.2 Å². The monoisotopic (exact) mass is 439 g/mol. The Labute approximate surface area is 176 Å². The van der Waals surface area contributed by atoms with Crippen molar-refractivity contribution in [1.82, 2.24) is 0 Å². The smallest absolute Gasteiger partial charge is 0.416 e. The molecule has 0 saturated carbocycles. The lowest BCUT2D eigenvalue weighted by molar-refractivity contribution is -0.158. The Morgan fingerprint density at radius 1 is 1.20 bits per heavy atom. The van der Waals surface area contributed by atoms with E-state index in [0.717, 1.165) is 18.2 Å². The number of benzene rings is 2. The van der Waals surface area contributed by atoms with Crippen molar-refractivity contribution in [2.45, 2.75) is 25.6 Å². The molecule has 0 amide bonds. The van der Waals surface area contributed by atoms with Gasteiger partial charge in [-0.1, -0.05) is 24.3 Å². The van der Waals surface area contributed by atoms with Crippen molar-refractivity contribution >= 4 is 17.6 Å². The van der Waals surface area contributed by atoms with Crippen LogP contribution in [-0.4, -0.2) is 18.2 Å². The first-order valence-electron chi connectivity index (χ1n) is 8.54. The lowest BCUT2D eigenvalue weighted by Crippen LogP contribution is -2.40. The van der Waals surface area contributed by atoms with E-state index in [4.69, 9.17) is 25.8 Å². The van der Waals surface area contributed by atoms with Gasteiger partial charge < -0.3 is 14.2 Å². The van der Waals surface area contributed by atoms with Crippen LogP contribution in [0.4, 0.5) is 13.2 Å². The lowest BCUT2D eigenvalue weighted by Gasteiger charge is -2.25. The van der Waals surface area contributed by atoms with Crippen LogP contribution < -0.4 is 9.47 Å². The number of hydrogen-bond acceptors (Lipinski definition) is 5. The molecule has 0 bridgehead atoms. The van der Waals surface area contributed by atoms with Crippen molar-refractivity contribution in [2.24, 2.45) is 0 Å². The number of halogens is 4. The summed E-state index contributed by atoms with van der Waals surface area (Å²) in [7, 11) is 0. The minimum Gasteiger partial charge on any atom is -0.475 e. The molecule has 0 aliphatic rings. The van der Waals surface area contributed by atoms with E-state index in [-0.39, 0.29) is 34.4 Å². The zero-order chi connectivity index (χ0) is 22.5. The van der Waals surface area contributed by atoms with Crippen LogP contribution in [0.2, 0.25) is 5.02 Å². The number of esters is 1. The van der Waals surface area contributed by atoms with E-state index in [0.29, 0.717) is 0 Å². The number of nitrogens with zero attached hydrogens (tertiary/aromatic N) is 1. The zero-order valence-electron chi connectivity index (χ0n) is 16.0. The van der Waals surface area contributed by atoms with Crippen molar-refractivity contribution in [3.8, 4) is 23.3 Å². The fourth-order valence-electron chi connectivity index (χ4n) is 2.25. The molecule has 2 aromatic rings. The lowest BCUT2D eigenvalue weighted by atomic mass is 10.1. The molecule has 2 rings (SSSR count). The summed E-state index contributed by atoms with van der Waals surface area (Å²) in [5.74, 6) is -0.534. The van der Waals surface area contributed by atoms with Crippen molar-refractivity contribution in [1.29, 1.82) is 5.26 Å². The second-order valence-electron chi connectivity index (χ2n) is 6.51. The van der Waals surface area contributed by atoms with Crippen molar-refractivity contribution in [3.05, 3.63) is 65.2 Å². The predicted molar refractivity (Wildman–Crippen MR) is 104 cm³/mol. The van der Waals surface area contributed by atoms with Crippen LogP contribution in [0.3, 0.4) is 0 Å². The molecule has 0 aromatic heterocycles. The molecule has 0 saturated heterocycles. The van der Waals surface area contributed by atoms with Gasteiger partial charge >= 0.3 is 12.1 Å². The number of carbonyl (C=O) groups is 1. The number of rotatable bonds is 7. The second kappa shape index (κ2) is 9.09. The fourth-order valence-corrected chi connectivity index (χ4v) is 2.47. The first-order valence-corrected chi connectivity index (χ1v) is 8.91. The third-order valence-corrected chi connectivity index (χ3v) is 4.04. The molecule has 0 aliphatic heterocycles. The highest BCUT2D eigenvalue weighted by atomic mass is 35.5. The van der Waals surface area contributed by atoms with Gasteiger partial charge in [0.2, 0.25) is 0 Å². The van der Waals surface area contributed by atoms with E-state index >= 15 is 0 Å². The average molecular weight is 440 g/mol. The van der Waals surface area contributed by atoms with Crippen LogP contribution in [0.25, 0.3) is 0 Å². The SMILES string of the molecule is C=CCOC(=O)C(C)(C)Oc1cc(Oc2ccc(C(F)(F)F)cc2Cl)ccc1C#N. The van der Waals surface area contributed by atoms with E-state index in [1.54, 1.807) is 0 Å². The quantitative estimate of drug-likeness (QED) is 0.396. The van der Waals surface area contributed by atoms with Crippen LogP contribution in [0, 0.1) is 11.3 Å². The van der Waals surface area contributed by atoms with Gasteiger partial charge in [0, 0.05) is 6.07 Å². The molecule has 0 unspecified atom stereocenters. The maximum atomic E-state index is 12.8. The molecule has 9 heteroatoms. The van der Waals surface area contributed by atoms with Crippen LogP contribution in [0.5, 0.6) is 17.2 Å². The largest absolute Gasteiger partial charge is 0.475 e. The number of nitriles is 1. The Kier molecular flexibility index (Phi) is 7.00. The fraction of sp³-hybridized carbons (Fsp3) is 0.238. The Balaban J connectivity index is 2.29. The van der Waals surface area contributed by atoms with E-state index < -0.39 is 23.3 Å². The van der Waals surface area contributed by atoms with Gasteiger partial charge in [-0.3, -0.25) is 0 Å². The Hall–Kier alpha value is -3.18. The Morgan fingerprint density at radius 2 is 1.90 bits per heavy atom. The summed E-state index contributed by atoms with van der Waals surface area (Å²) in [5.41, 5.74) is -2.23. The zero-order valence-corrected chi connectivity index (χ0v) is 16.8. The molecule has 0 fully saturated rings. The molecule has 158 valence electrons. The van der Waals surface area contributed by atoms with E-state index in [9.17, 15) is 23.2 Å². The van der Waals surface area contributed by atoms with Gasteiger partial charge in [-0.05, 0) is 44.2 Å². The normalized spacial score (nSPS) is 11.4. The van der Waals surface area contributed by atoms with Crippen molar-refractivity contribution in [2.75, 3.05) is 6.61 Å². The summed E-state index contributed by atoms with van der Waals surface area (Å²) >= 11 is 5.90. The molecule has 2 aromatic carbocycles. The van der Waals surface area contributed by atoms with Crippen LogP contribution >= 0.6 is 11.6 Å². The second-order valence-corrected chi connectivity index (χ2v) is 6.92. The maximum Gasteiger partial charge on any atom is 0.416 e. The molecule has 0 aliphatic carbocycles. The summed E-state index contributed by atoms with van der Waals surface area (Å²) in [4.78, 5) is 12.1. The minimum atomic E-state index is -4.54. The molecule has 0 heterocycles. The van der Waals surface area contributed by atoms with Gasteiger partial charge in [-0.15, -0.1) is 0 Å². The molecule has 0 spiro atoms. The number of ether oxygens (including phenoxy) is 3. The van der Waals surface area contributed by atoms with E-state index in [1.165, 1.54) is 38.1 Å². The summed E-state index contributed by atoms with van der Waals surface area (Å²) in [6, 6.07) is 8.72. The Bertz CT molecular complexity index is 997. The molecule has 0 N–H and O–H groups in total. The van der Waals surface area contributed by atoms with Crippen LogP contribution in [0.1, 0.15) is 25.0 Å². The molecular weight excluding hydrogens is 423 g/mol. The maximum absolute atomic E-state index is 12.8. The van der Waals surface area contributed by atoms with Gasteiger partial charge in [-0.2, -0.15) is 18.4 Å². The van der Waals surface area contributed by atoms with Crippen molar-refractivity contribution in [3.63, 3.8) is 0 Å². The number of carbonyl (C=O) groups excluding carboxylic acids is 1. The van der Waals surface area contributed by atoms with Gasteiger partial charge in [0.25, 0.3) is 0 Å². The van der Waals surface area contributed by atoms with Gasteiger partial charge in [0.15, 0.2) is 5.60 Å². The molecular formula is C21H17ClF3NO4. The summed E-state index contributed by atoms with van der Waals surface area (Å²) < 4.78 is 54.5. The standard InChI is InChI=1S/C21H17ClF3NO4/c1-4-9-28-19(27)20(2,3)30-18-11-15(7-5-13(18)12-26)29-17-8-6-14(10-16(17)22)21(23,24)25/h4-8,10-11H,1,9H2,2-3H3. The first kappa shape index (κ1) is 23.1. The highest BCUT2D eigenvalue weighted by molar-refractivity contribution is 6.32. The Morgan fingerprint density at radius 3 is 2.47 bits per heavy atom. The minimum absolute atomic E-state index is 0.00764. The first-order chi connectivity index (χ1) is 14.0. The molecule has 0 atom stereocenters. The average Bonchev–Trinajstić information content (AvgIpc) is 2.66. The predicted octanol–water partition coefficient (Wildman–Crippen LogP) is 5.91. The van der Waals surface area contributed by atoms with Crippen LogP contribution in [-0.2, 0) is 15.7 Å². The molecule has 0 radical (unpaired) electrons. The highest BCUT2D eigenvalue weighted by Gasteiger charge is 2.33. The van der Waals surface area contributed by atoms with E-state index in [2.05, 4.69) is 6.58 Å². The van der Waals surface area contributed by atoms with Gasteiger partial charge in [-0.25, -0.2) is 4.79 Å². The molecule has 5 nitrogen and oxygen atoms in total. The highest BCUT2D eigenvalue weighted by Crippen LogP contribution is 2.37. The third-order valence-electron chi connectivity index (χ3n) is 3.75. The number of alkyl halides is 3. The van der Waals surface area contributed by atoms with Crippen LogP contribution in [0.15, 0.2) is 49.1 Å². The summed E-state index contributed by atoms with van der Waals surface area (Å²) in [6.07, 6.45) is -3.14. The number of hydrogen-bond donors (Lipinski definition) is 0. The van der Waals surface area contributed by atoms with Gasteiger partial charge in [0.05, 0.1) is 16.1 Å².